The van der Waals surface area contributed by atoms with E-state index in [1.54, 1.807) is 16.8 Å². The largest absolute Gasteiger partial charge is 0.370 e. The first-order valence-corrected chi connectivity index (χ1v) is 9.76. The third-order valence-corrected chi connectivity index (χ3v) is 5.21. The van der Waals surface area contributed by atoms with E-state index in [0.717, 1.165) is 17.8 Å². The van der Waals surface area contributed by atoms with Crippen molar-refractivity contribution in [1.29, 1.82) is 0 Å². The van der Waals surface area contributed by atoms with Crippen molar-refractivity contribution in [3.05, 3.63) is 77.4 Å². The van der Waals surface area contributed by atoms with E-state index >= 15 is 0 Å². The number of pyridine rings is 1. The van der Waals surface area contributed by atoms with Gasteiger partial charge in [0.2, 0.25) is 0 Å². The molecule has 0 bridgehead atoms. The van der Waals surface area contributed by atoms with Crippen LogP contribution in [-0.2, 0) is 6.42 Å². The number of hydrogen-bond donors (Lipinski definition) is 2. The van der Waals surface area contributed by atoms with E-state index in [0.29, 0.717) is 28.8 Å². The molecule has 0 saturated carbocycles. The minimum absolute atomic E-state index is 0.0752. The topological polar surface area (TPSA) is 70.9 Å². The van der Waals surface area contributed by atoms with Gasteiger partial charge in [0.25, 0.3) is 0 Å². The van der Waals surface area contributed by atoms with Crippen molar-refractivity contribution in [3.8, 4) is 11.3 Å². The molecule has 5 aromatic rings. The van der Waals surface area contributed by atoms with Crippen LogP contribution in [0.4, 0.5) is 23.4 Å². The van der Waals surface area contributed by atoms with Gasteiger partial charge in [0.15, 0.2) is 11.6 Å². The normalized spacial score (nSPS) is 11.5. The van der Waals surface area contributed by atoms with Crippen molar-refractivity contribution in [3.63, 3.8) is 0 Å². The third-order valence-electron chi connectivity index (χ3n) is 5.21. The van der Waals surface area contributed by atoms with Crippen LogP contribution in [0.15, 0.2) is 42.9 Å². The molecule has 1 aromatic carbocycles. The second-order valence-electron chi connectivity index (χ2n) is 7.39. The molecule has 0 fully saturated rings. The molecular formula is C22H16F4N6. The Morgan fingerprint density at radius 3 is 2.66 bits per heavy atom. The molecule has 0 saturated heterocycles. The molecule has 4 aromatic heterocycles. The second kappa shape index (κ2) is 7.63. The molecule has 0 unspecified atom stereocenters. The van der Waals surface area contributed by atoms with Crippen LogP contribution in [0, 0.1) is 30.3 Å². The number of aromatic nitrogens is 5. The van der Waals surface area contributed by atoms with Crippen LogP contribution in [0.1, 0.15) is 11.1 Å². The van der Waals surface area contributed by atoms with Gasteiger partial charge >= 0.3 is 0 Å². The summed E-state index contributed by atoms with van der Waals surface area (Å²) in [7, 11) is 0. The predicted octanol–water partition coefficient (Wildman–Crippen LogP) is 4.79. The molecule has 10 heteroatoms. The fourth-order valence-corrected chi connectivity index (χ4v) is 3.70. The molecule has 0 spiro atoms. The number of anilines is 1. The molecule has 0 radical (unpaired) electrons. The standard InChI is InChI=1S/C22H16F4N6/c1-11-8-29-32-19(7-18(30-22(11)32)12-4-14(24)10-27-9-12)28-3-2-15-16-5-13(23)6-17(25)20(16)31-21(15)26/h4-10,28,31H,2-3H2,1H3. The fourth-order valence-electron chi connectivity index (χ4n) is 3.70. The lowest BCUT2D eigenvalue weighted by Gasteiger charge is -2.11. The highest BCUT2D eigenvalue weighted by atomic mass is 19.1. The van der Waals surface area contributed by atoms with Crippen LogP contribution in [-0.4, -0.2) is 31.1 Å². The number of aromatic amines is 1. The molecule has 2 N–H and O–H groups in total. The first-order valence-electron chi connectivity index (χ1n) is 9.76. The first kappa shape index (κ1) is 20.0. The Morgan fingerprint density at radius 1 is 1.00 bits per heavy atom. The summed E-state index contributed by atoms with van der Waals surface area (Å²) < 4.78 is 57.2. The maximum absolute atomic E-state index is 14.4. The molecule has 6 nitrogen and oxygen atoms in total. The number of H-pyrrole nitrogens is 1. The third kappa shape index (κ3) is 3.43. The smallest absolute Gasteiger partial charge is 0.195 e. The van der Waals surface area contributed by atoms with E-state index in [1.807, 2.05) is 6.92 Å². The average molecular weight is 440 g/mol. The van der Waals surface area contributed by atoms with Crippen LogP contribution in [0.5, 0.6) is 0 Å². The van der Waals surface area contributed by atoms with Crippen molar-refractivity contribution < 1.29 is 17.6 Å². The van der Waals surface area contributed by atoms with Crippen molar-refractivity contribution >= 4 is 22.4 Å². The summed E-state index contributed by atoms with van der Waals surface area (Å²) in [5.74, 6) is -2.29. The molecule has 0 aliphatic rings. The summed E-state index contributed by atoms with van der Waals surface area (Å²) in [6.07, 6.45) is 4.40. The number of hydrogen-bond acceptors (Lipinski definition) is 4. The number of rotatable bonds is 5. The summed E-state index contributed by atoms with van der Waals surface area (Å²) in [6, 6.07) is 4.81. The van der Waals surface area contributed by atoms with Crippen LogP contribution < -0.4 is 5.32 Å². The van der Waals surface area contributed by atoms with E-state index in [1.165, 1.54) is 12.3 Å². The number of fused-ring (bicyclic) bond motifs is 2. The quantitative estimate of drug-likeness (QED) is 0.386. The molecule has 5 rings (SSSR count). The minimum atomic E-state index is -0.852. The lowest BCUT2D eigenvalue weighted by atomic mass is 10.1. The Bertz CT molecular complexity index is 1470. The Balaban J connectivity index is 1.47. The minimum Gasteiger partial charge on any atom is -0.370 e. The Morgan fingerprint density at radius 2 is 1.84 bits per heavy atom. The number of benzene rings is 1. The molecular weight excluding hydrogens is 424 g/mol. The number of halogens is 4. The van der Waals surface area contributed by atoms with Crippen molar-refractivity contribution in [1.82, 2.24) is 24.6 Å². The highest BCUT2D eigenvalue weighted by Crippen LogP contribution is 2.27. The van der Waals surface area contributed by atoms with Crippen LogP contribution in [0.2, 0.25) is 0 Å². The zero-order chi connectivity index (χ0) is 22.4. The van der Waals surface area contributed by atoms with E-state index in [4.69, 9.17) is 0 Å². The molecule has 32 heavy (non-hydrogen) atoms. The summed E-state index contributed by atoms with van der Waals surface area (Å²) in [5.41, 5.74) is 2.45. The van der Waals surface area contributed by atoms with Crippen molar-refractivity contribution in [2.24, 2.45) is 0 Å². The maximum Gasteiger partial charge on any atom is 0.195 e. The maximum atomic E-state index is 14.4. The van der Waals surface area contributed by atoms with E-state index in [2.05, 4.69) is 25.4 Å². The number of aryl methyl sites for hydroxylation is 1. The van der Waals surface area contributed by atoms with Gasteiger partial charge in [-0.3, -0.25) is 4.98 Å². The summed E-state index contributed by atoms with van der Waals surface area (Å²) >= 11 is 0. The second-order valence-corrected chi connectivity index (χ2v) is 7.39. The zero-order valence-electron chi connectivity index (χ0n) is 16.8. The van der Waals surface area contributed by atoms with Gasteiger partial charge in [0.1, 0.15) is 23.3 Å². The SMILES string of the molecule is Cc1cnn2c(NCCc3c(F)[nH]c4c(F)cc(F)cc34)cc(-c3cncc(F)c3)nc12. The van der Waals surface area contributed by atoms with Crippen molar-refractivity contribution in [2.75, 3.05) is 11.9 Å². The average Bonchev–Trinajstić information content (AvgIpc) is 3.28. The van der Waals surface area contributed by atoms with E-state index < -0.39 is 23.4 Å². The van der Waals surface area contributed by atoms with Gasteiger partial charge in [-0.1, -0.05) is 0 Å². The predicted molar refractivity (Wildman–Crippen MR) is 111 cm³/mol. The van der Waals surface area contributed by atoms with Gasteiger partial charge < -0.3 is 10.3 Å². The number of nitrogens with one attached hydrogen (secondary N) is 2. The van der Waals surface area contributed by atoms with Gasteiger partial charge in [-0.15, -0.1) is 0 Å². The fraction of sp³-hybridized carbons (Fsp3) is 0.136. The zero-order valence-corrected chi connectivity index (χ0v) is 16.8. The summed E-state index contributed by atoms with van der Waals surface area (Å²) in [6.45, 7) is 2.08. The van der Waals surface area contributed by atoms with E-state index in [-0.39, 0.29) is 29.4 Å². The van der Waals surface area contributed by atoms with Crippen LogP contribution in [0.3, 0.4) is 0 Å². The van der Waals surface area contributed by atoms with Gasteiger partial charge in [0, 0.05) is 47.0 Å². The highest BCUT2D eigenvalue weighted by Gasteiger charge is 2.16. The van der Waals surface area contributed by atoms with Gasteiger partial charge in [-0.05, 0) is 25.5 Å². The lowest BCUT2D eigenvalue weighted by molar-refractivity contribution is 0.573. The monoisotopic (exact) mass is 440 g/mol. The molecule has 0 aliphatic carbocycles. The van der Waals surface area contributed by atoms with Gasteiger partial charge in [-0.25, -0.2) is 18.2 Å². The lowest BCUT2D eigenvalue weighted by Crippen LogP contribution is -2.10. The number of nitrogens with zero attached hydrogens (tertiary/aromatic N) is 4. The Hall–Kier alpha value is -3.95. The van der Waals surface area contributed by atoms with Crippen LogP contribution >= 0.6 is 0 Å². The molecule has 0 aliphatic heterocycles. The summed E-state index contributed by atoms with van der Waals surface area (Å²) in [5, 5.41) is 7.62. The van der Waals surface area contributed by atoms with Crippen molar-refractivity contribution in [2.45, 2.75) is 13.3 Å². The molecule has 0 atom stereocenters. The highest BCUT2D eigenvalue weighted by molar-refractivity contribution is 5.84. The van der Waals surface area contributed by atoms with Crippen LogP contribution in [0.25, 0.3) is 27.8 Å². The summed E-state index contributed by atoms with van der Waals surface area (Å²) in [4.78, 5) is 10.7. The molecule has 4 heterocycles. The Labute approximate surface area is 178 Å². The van der Waals surface area contributed by atoms with Gasteiger partial charge in [0.05, 0.1) is 23.6 Å². The van der Waals surface area contributed by atoms with Gasteiger partial charge in [-0.2, -0.15) is 14.0 Å². The molecule has 0 amide bonds. The molecule has 162 valence electrons. The first-order chi connectivity index (χ1) is 15.4. The Kier molecular flexibility index (Phi) is 4.76. The van der Waals surface area contributed by atoms with E-state index in [9.17, 15) is 17.6 Å².